The first kappa shape index (κ1) is 13.6. The smallest absolute Gasteiger partial charge is 0.242 e. The molecule has 0 bridgehead atoms. The number of anilines is 1. The van der Waals surface area contributed by atoms with Crippen molar-refractivity contribution in [2.24, 2.45) is 5.92 Å². The van der Waals surface area contributed by atoms with Gasteiger partial charge in [-0.15, -0.1) is 0 Å². The van der Waals surface area contributed by atoms with Crippen molar-refractivity contribution in [3.63, 3.8) is 0 Å². The minimum Gasteiger partial charge on any atom is -0.382 e. The van der Waals surface area contributed by atoms with Crippen LogP contribution >= 0.6 is 11.6 Å². The Hall–Kier alpha value is -0.850. The minimum absolute atomic E-state index is 0.0475. The maximum Gasteiger partial charge on any atom is 0.242 e. The maximum absolute atomic E-state index is 12.0. The first-order valence-corrected chi connectivity index (χ1v) is 7.73. The van der Waals surface area contributed by atoms with Gasteiger partial charge in [0.1, 0.15) is 10.7 Å². The van der Waals surface area contributed by atoms with E-state index >= 15 is 0 Å². The van der Waals surface area contributed by atoms with Gasteiger partial charge in [0, 0.05) is 12.2 Å². The fraction of sp³-hybridized carbons (Fsp3) is 0.545. The third-order valence-corrected chi connectivity index (χ3v) is 4.80. The number of nitrogens with zero attached hydrogens (tertiary/aromatic N) is 1. The number of nitrogens with one attached hydrogen (secondary N) is 1. The monoisotopic (exact) mass is 289 g/mol. The Bertz CT molecular complexity index is 547. The fourth-order valence-corrected chi connectivity index (χ4v) is 3.45. The summed E-state index contributed by atoms with van der Waals surface area (Å²) >= 11 is 5.77. The van der Waals surface area contributed by atoms with E-state index in [4.69, 9.17) is 17.3 Å². The van der Waals surface area contributed by atoms with Gasteiger partial charge in [0.05, 0.1) is 5.02 Å². The topological polar surface area (TPSA) is 85.1 Å². The van der Waals surface area contributed by atoms with Crippen LogP contribution in [0.4, 0.5) is 5.82 Å². The number of hydrogen-bond donors (Lipinski definition) is 2. The summed E-state index contributed by atoms with van der Waals surface area (Å²) in [7, 11) is -3.54. The third kappa shape index (κ3) is 2.93. The third-order valence-electron chi connectivity index (χ3n) is 3.04. The molecule has 1 fully saturated rings. The lowest BCUT2D eigenvalue weighted by molar-refractivity contribution is 0.572. The zero-order chi connectivity index (χ0) is 13.3. The predicted octanol–water partition coefficient (Wildman–Crippen LogP) is 1.78. The summed E-state index contributed by atoms with van der Waals surface area (Å²) in [5, 5.41) is 0.152. The molecule has 0 amide bonds. The quantitative estimate of drug-likeness (QED) is 0.865. The molecule has 18 heavy (non-hydrogen) atoms. The molecule has 1 aliphatic rings. The van der Waals surface area contributed by atoms with Gasteiger partial charge in [0.15, 0.2) is 0 Å². The molecule has 3 N–H and O–H groups in total. The highest BCUT2D eigenvalue weighted by Crippen LogP contribution is 2.35. The van der Waals surface area contributed by atoms with E-state index in [9.17, 15) is 8.42 Å². The predicted molar refractivity (Wildman–Crippen MR) is 70.8 cm³/mol. The Kier molecular flexibility index (Phi) is 3.79. The normalized spacial score (nSPS) is 23.0. The molecule has 0 radical (unpaired) electrons. The van der Waals surface area contributed by atoms with Crippen molar-refractivity contribution in [1.82, 2.24) is 9.71 Å². The Labute approximate surface area is 112 Å². The summed E-state index contributed by atoms with van der Waals surface area (Å²) in [5.74, 6) is 0.591. The number of hydrogen-bond acceptors (Lipinski definition) is 4. The lowest BCUT2D eigenvalue weighted by atomic mass is 10.2. The molecular weight excluding hydrogens is 274 g/mol. The number of aromatic nitrogens is 1. The average molecular weight is 290 g/mol. The van der Waals surface area contributed by atoms with Gasteiger partial charge in [0.25, 0.3) is 0 Å². The number of nitrogen functional groups attached to an aromatic ring is 1. The van der Waals surface area contributed by atoms with Crippen LogP contribution in [0, 0.1) is 5.92 Å². The van der Waals surface area contributed by atoms with Crippen LogP contribution < -0.4 is 10.5 Å². The summed E-state index contributed by atoms with van der Waals surface area (Å²) < 4.78 is 26.8. The van der Waals surface area contributed by atoms with Crippen molar-refractivity contribution in [2.75, 3.05) is 5.73 Å². The largest absolute Gasteiger partial charge is 0.382 e. The van der Waals surface area contributed by atoms with Crippen molar-refractivity contribution < 1.29 is 8.42 Å². The SMILES string of the molecule is CCCC1CC1NS(=O)(=O)c1cnc(N)c(Cl)c1. The number of rotatable bonds is 5. The molecule has 1 saturated carbocycles. The molecule has 1 aromatic heterocycles. The zero-order valence-electron chi connectivity index (χ0n) is 10.1. The lowest BCUT2D eigenvalue weighted by Crippen LogP contribution is -2.27. The van der Waals surface area contributed by atoms with Crippen LogP contribution in [-0.4, -0.2) is 19.4 Å². The van der Waals surface area contributed by atoms with Crippen LogP contribution in [0.2, 0.25) is 5.02 Å². The maximum atomic E-state index is 12.0. The average Bonchev–Trinajstić information content (AvgIpc) is 3.00. The molecule has 2 unspecified atom stereocenters. The van der Waals surface area contributed by atoms with Crippen molar-refractivity contribution in [3.05, 3.63) is 17.3 Å². The van der Waals surface area contributed by atoms with Crippen molar-refractivity contribution >= 4 is 27.4 Å². The molecule has 1 heterocycles. The van der Waals surface area contributed by atoms with Gasteiger partial charge in [0.2, 0.25) is 10.0 Å². The second-order valence-electron chi connectivity index (χ2n) is 4.55. The highest BCUT2D eigenvalue weighted by atomic mass is 35.5. The molecule has 2 rings (SSSR count). The minimum atomic E-state index is -3.54. The highest BCUT2D eigenvalue weighted by molar-refractivity contribution is 7.89. The van der Waals surface area contributed by atoms with E-state index in [1.165, 1.54) is 12.3 Å². The number of halogens is 1. The fourth-order valence-electron chi connectivity index (χ4n) is 1.93. The highest BCUT2D eigenvalue weighted by Gasteiger charge is 2.39. The lowest BCUT2D eigenvalue weighted by Gasteiger charge is -2.07. The second-order valence-corrected chi connectivity index (χ2v) is 6.67. The van der Waals surface area contributed by atoms with Crippen LogP contribution in [0.25, 0.3) is 0 Å². The molecule has 5 nitrogen and oxygen atoms in total. The van der Waals surface area contributed by atoms with Gasteiger partial charge in [-0.1, -0.05) is 24.9 Å². The first-order chi connectivity index (χ1) is 8.44. The van der Waals surface area contributed by atoms with E-state index in [1.54, 1.807) is 0 Å². The summed E-state index contributed by atoms with van der Waals surface area (Å²) in [6.07, 6.45) is 4.25. The molecule has 0 saturated heterocycles. The number of nitrogens with two attached hydrogens (primary N) is 1. The zero-order valence-corrected chi connectivity index (χ0v) is 11.6. The van der Waals surface area contributed by atoms with E-state index in [1.807, 2.05) is 0 Å². The summed E-state index contributed by atoms with van der Waals surface area (Å²) in [6.45, 7) is 2.09. The Balaban J connectivity index is 2.09. The molecule has 0 aromatic carbocycles. The van der Waals surface area contributed by atoms with Crippen LogP contribution in [0.3, 0.4) is 0 Å². The molecular formula is C11H16ClN3O2S. The summed E-state index contributed by atoms with van der Waals surface area (Å²) in [4.78, 5) is 3.81. The van der Waals surface area contributed by atoms with Crippen molar-refractivity contribution in [2.45, 2.75) is 37.1 Å². The van der Waals surface area contributed by atoms with Crippen molar-refractivity contribution in [3.8, 4) is 0 Å². The Morgan fingerprint density at radius 2 is 2.33 bits per heavy atom. The molecule has 100 valence electrons. The standard InChI is InChI=1S/C11H16ClN3O2S/c1-2-3-7-4-10(7)15-18(16,17)8-5-9(12)11(13)14-6-8/h5-7,10,15H,2-4H2,1H3,(H2,13,14). The first-order valence-electron chi connectivity index (χ1n) is 5.87. The molecule has 1 aliphatic carbocycles. The number of pyridine rings is 1. The molecule has 7 heteroatoms. The van der Waals surface area contributed by atoms with Gasteiger partial charge >= 0.3 is 0 Å². The van der Waals surface area contributed by atoms with Crippen LogP contribution in [-0.2, 0) is 10.0 Å². The summed E-state index contributed by atoms with van der Waals surface area (Å²) in [5.41, 5.74) is 5.45. The van der Waals surface area contributed by atoms with Crippen LogP contribution in [0.1, 0.15) is 26.2 Å². The molecule has 0 aliphatic heterocycles. The van der Waals surface area contributed by atoms with Crippen LogP contribution in [0.15, 0.2) is 17.2 Å². The van der Waals surface area contributed by atoms with Crippen LogP contribution in [0.5, 0.6) is 0 Å². The van der Waals surface area contributed by atoms with Gasteiger partial charge in [-0.2, -0.15) is 0 Å². The van der Waals surface area contributed by atoms with E-state index in [0.29, 0.717) is 5.92 Å². The Morgan fingerprint density at radius 1 is 1.61 bits per heavy atom. The van der Waals surface area contributed by atoms with Gasteiger partial charge in [-0.25, -0.2) is 18.1 Å². The van der Waals surface area contributed by atoms with E-state index in [-0.39, 0.29) is 21.8 Å². The molecule has 1 aromatic rings. The van der Waals surface area contributed by atoms with Crippen molar-refractivity contribution in [1.29, 1.82) is 0 Å². The van der Waals surface area contributed by atoms with E-state index in [0.717, 1.165) is 19.3 Å². The van der Waals surface area contributed by atoms with Gasteiger partial charge < -0.3 is 5.73 Å². The summed E-state index contributed by atoms with van der Waals surface area (Å²) in [6, 6.07) is 1.37. The molecule has 2 atom stereocenters. The van der Waals surface area contributed by atoms with E-state index < -0.39 is 10.0 Å². The Morgan fingerprint density at radius 3 is 2.94 bits per heavy atom. The van der Waals surface area contributed by atoms with Gasteiger partial charge in [-0.05, 0) is 24.8 Å². The second kappa shape index (κ2) is 5.03. The number of sulfonamides is 1. The van der Waals surface area contributed by atoms with E-state index in [2.05, 4.69) is 16.6 Å². The van der Waals surface area contributed by atoms with Gasteiger partial charge in [-0.3, -0.25) is 0 Å². The molecule has 0 spiro atoms.